The van der Waals surface area contributed by atoms with Crippen LogP contribution in [0, 0.1) is 0 Å². The van der Waals surface area contributed by atoms with E-state index in [1.54, 1.807) is 0 Å². The molecule has 1 saturated carbocycles. The molecule has 1 aromatic rings. The Balaban J connectivity index is 1.41. The number of carbonyl (C=O) groups excluding carboxylic acids is 1. The van der Waals surface area contributed by atoms with Gasteiger partial charge in [-0.15, -0.1) is 0 Å². The molecule has 4 rings (SSSR count). The maximum absolute atomic E-state index is 13.1. The number of para-hydroxylation sites is 1. The number of hydrogen-bond acceptors (Lipinski definition) is 4. The van der Waals surface area contributed by atoms with Crippen LogP contribution in [-0.2, 0) is 16.0 Å². The number of benzene rings is 1. The van der Waals surface area contributed by atoms with Gasteiger partial charge in [-0.05, 0) is 37.8 Å². The minimum atomic E-state index is -0.156. The van der Waals surface area contributed by atoms with Crippen LogP contribution in [0.3, 0.4) is 0 Å². The summed E-state index contributed by atoms with van der Waals surface area (Å²) in [5.74, 6) is 0.202. The first kappa shape index (κ1) is 18.9. The highest BCUT2D eigenvalue weighted by atomic mass is 16.5. The molecule has 27 heavy (non-hydrogen) atoms. The van der Waals surface area contributed by atoms with E-state index in [2.05, 4.69) is 28.4 Å². The van der Waals surface area contributed by atoms with E-state index in [-0.39, 0.29) is 17.5 Å². The van der Waals surface area contributed by atoms with Crippen molar-refractivity contribution < 1.29 is 9.53 Å². The molecule has 1 amide bonds. The van der Waals surface area contributed by atoms with E-state index >= 15 is 0 Å². The van der Waals surface area contributed by atoms with Crippen LogP contribution in [-0.4, -0.2) is 61.8 Å². The zero-order chi connectivity index (χ0) is 18.7. The van der Waals surface area contributed by atoms with Gasteiger partial charge in [0.15, 0.2) is 0 Å². The number of rotatable bonds is 5. The monoisotopic (exact) mass is 371 g/mol. The minimum Gasteiger partial charge on any atom is -0.379 e. The molecule has 0 unspecified atom stereocenters. The molecular weight excluding hydrogens is 338 g/mol. The molecule has 1 atom stereocenters. The number of nitrogens with one attached hydrogen (secondary N) is 1. The largest absolute Gasteiger partial charge is 0.379 e. The molecule has 2 fully saturated rings. The summed E-state index contributed by atoms with van der Waals surface area (Å²) in [6.45, 7) is 7.43. The van der Waals surface area contributed by atoms with Crippen molar-refractivity contribution in [1.29, 1.82) is 0 Å². The molecular formula is C22H33N3O2. The average Bonchev–Trinajstić information content (AvgIpc) is 3.17. The number of amides is 1. The Morgan fingerprint density at radius 3 is 2.67 bits per heavy atom. The predicted molar refractivity (Wildman–Crippen MR) is 108 cm³/mol. The first-order valence-electron chi connectivity index (χ1n) is 10.7. The smallest absolute Gasteiger partial charge is 0.243 e. The SMILES string of the molecule is C[C@@H](NCC1(N2CCOCC2)CCCCC1)C(=O)N1CCc2ccccc21. The predicted octanol–water partition coefficient (Wildman–Crippen LogP) is 2.59. The van der Waals surface area contributed by atoms with Gasteiger partial charge in [0.2, 0.25) is 5.91 Å². The summed E-state index contributed by atoms with van der Waals surface area (Å²) in [7, 11) is 0. The van der Waals surface area contributed by atoms with Gasteiger partial charge in [0, 0.05) is 37.4 Å². The third-order valence-corrected chi connectivity index (χ3v) is 6.73. The number of nitrogens with zero attached hydrogens (tertiary/aromatic N) is 2. The fourth-order valence-corrected chi connectivity index (χ4v) is 5.08. The first-order valence-corrected chi connectivity index (χ1v) is 10.7. The zero-order valence-electron chi connectivity index (χ0n) is 16.6. The Bertz CT molecular complexity index is 651. The normalized spacial score (nSPS) is 23.8. The Morgan fingerprint density at radius 1 is 1.15 bits per heavy atom. The highest BCUT2D eigenvalue weighted by Crippen LogP contribution is 2.34. The van der Waals surface area contributed by atoms with Gasteiger partial charge < -0.3 is 15.0 Å². The van der Waals surface area contributed by atoms with Gasteiger partial charge in [-0.3, -0.25) is 9.69 Å². The average molecular weight is 372 g/mol. The van der Waals surface area contributed by atoms with Crippen molar-refractivity contribution in [2.75, 3.05) is 44.3 Å². The number of hydrogen-bond donors (Lipinski definition) is 1. The number of anilines is 1. The number of morpholine rings is 1. The maximum Gasteiger partial charge on any atom is 0.243 e. The van der Waals surface area contributed by atoms with E-state index in [9.17, 15) is 4.79 Å². The molecule has 1 aliphatic carbocycles. The second-order valence-corrected chi connectivity index (χ2v) is 8.36. The lowest BCUT2D eigenvalue weighted by Gasteiger charge is -2.48. The molecule has 3 aliphatic rings. The zero-order valence-corrected chi connectivity index (χ0v) is 16.6. The maximum atomic E-state index is 13.1. The van der Waals surface area contributed by atoms with E-state index in [4.69, 9.17) is 4.74 Å². The van der Waals surface area contributed by atoms with Crippen molar-refractivity contribution in [3.63, 3.8) is 0 Å². The quantitative estimate of drug-likeness (QED) is 0.864. The van der Waals surface area contributed by atoms with E-state index < -0.39 is 0 Å². The standard InChI is InChI=1S/C22H33N3O2/c1-18(21(26)25-12-9-19-7-3-4-8-20(19)25)23-17-22(10-5-2-6-11-22)24-13-15-27-16-14-24/h3-4,7-8,18,23H,2,5-6,9-17H2,1H3/t18-/m1/s1. The van der Waals surface area contributed by atoms with Crippen LogP contribution in [0.15, 0.2) is 24.3 Å². The molecule has 1 aromatic carbocycles. The van der Waals surface area contributed by atoms with Crippen LogP contribution in [0.5, 0.6) is 0 Å². The third-order valence-electron chi connectivity index (χ3n) is 6.73. The summed E-state index contributed by atoms with van der Waals surface area (Å²) in [6, 6.07) is 8.14. The molecule has 148 valence electrons. The van der Waals surface area contributed by atoms with Crippen LogP contribution in [0.2, 0.25) is 0 Å². The highest BCUT2D eigenvalue weighted by molar-refractivity contribution is 5.98. The second-order valence-electron chi connectivity index (χ2n) is 8.36. The van der Waals surface area contributed by atoms with Gasteiger partial charge in [0.1, 0.15) is 0 Å². The molecule has 0 radical (unpaired) electrons. The number of carbonyl (C=O) groups is 1. The van der Waals surface area contributed by atoms with E-state index in [0.717, 1.165) is 51.5 Å². The Hall–Kier alpha value is -1.43. The molecule has 1 saturated heterocycles. The molecule has 0 spiro atoms. The number of fused-ring (bicyclic) bond motifs is 1. The minimum absolute atomic E-state index is 0.156. The van der Waals surface area contributed by atoms with Crippen LogP contribution < -0.4 is 10.2 Å². The van der Waals surface area contributed by atoms with Gasteiger partial charge in [-0.25, -0.2) is 0 Å². The fraction of sp³-hybridized carbons (Fsp3) is 0.682. The summed E-state index contributed by atoms with van der Waals surface area (Å²) in [5.41, 5.74) is 2.58. The summed E-state index contributed by atoms with van der Waals surface area (Å²) in [6.07, 6.45) is 7.35. The van der Waals surface area contributed by atoms with Crippen molar-refractivity contribution in [2.45, 2.75) is 57.0 Å². The van der Waals surface area contributed by atoms with Gasteiger partial charge in [-0.2, -0.15) is 0 Å². The molecule has 0 bridgehead atoms. The van der Waals surface area contributed by atoms with Crippen molar-refractivity contribution in [3.8, 4) is 0 Å². The van der Waals surface area contributed by atoms with Gasteiger partial charge >= 0.3 is 0 Å². The van der Waals surface area contributed by atoms with Crippen molar-refractivity contribution >= 4 is 11.6 Å². The highest BCUT2D eigenvalue weighted by Gasteiger charge is 2.39. The molecule has 5 heteroatoms. The molecule has 2 aliphatic heterocycles. The van der Waals surface area contributed by atoms with Crippen LogP contribution in [0.4, 0.5) is 5.69 Å². The van der Waals surface area contributed by atoms with E-state index in [1.165, 1.54) is 37.7 Å². The topological polar surface area (TPSA) is 44.8 Å². The van der Waals surface area contributed by atoms with Crippen molar-refractivity contribution in [1.82, 2.24) is 10.2 Å². The lowest BCUT2D eigenvalue weighted by atomic mass is 9.79. The lowest BCUT2D eigenvalue weighted by Crippen LogP contribution is -2.61. The van der Waals surface area contributed by atoms with E-state index in [1.807, 2.05) is 17.9 Å². The summed E-state index contributed by atoms with van der Waals surface area (Å²) in [4.78, 5) is 17.7. The van der Waals surface area contributed by atoms with Crippen LogP contribution in [0.25, 0.3) is 0 Å². The second kappa shape index (κ2) is 8.29. The third kappa shape index (κ3) is 3.91. The Labute approximate surface area is 163 Å². The summed E-state index contributed by atoms with van der Waals surface area (Å²) < 4.78 is 5.58. The van der Waals surface area contributed by atoms with Crippen LogP contribution in [0.1, 0.15) is 44.6 Å². The van der Waals surface area contributed by atoms with Gasteiger partial charge in [0.05, 0.1) is 19.3 Å². The van der Waals surface area contributed by atoms with E-state index in [0.29, 0.717) is 0 Å². The van der Waals surface area contributed by atoms with Crippen molar-refractivity contribution in [3.05, 3.63) is 29.8 Å². The van der Waals surface area contributed by atoms with Gasteiger partial charge in [-0.1, -0.05) is 37.5 Å². The first-order chi connectivity index (χ1) is 13.2. The summed E-state index contributed by atoms with van der Waals surface area (Å²) in [5, 5.41) is 3.62. The van der Waals surface area contributed by atoms with Crippen molar-refractivity contribution in [2.24, 2.45) is 0 Å². The molecule has 2 heterocycles. The summed E-state index contributed by atoms with van der Waals surface area (Å²) >= 11 is 0. The lowest BCUT2D eigenvalue weighted by molar-refractivity contribution is -0.120. The number of ether oxygens (including phenoxy) is 1. The Morgan fingerprint density at radius 2 is 1.89 bits per heavy atom. The molecule has 0 aromatic heterocycles. The fourth-order valence-electron chi connectivity index (χ4n) is 5.08. The Kier molecular flexibility index (Phi) is 5.81. The van der Waals surface area contributed by atoms with Crippen LogP contribution >= 0.6 is 0 Å². The molecule has 5 nitrogen and oxygen atoms in total. The molecule has 1 N–H and O–H groups in total. The van der Waals surface area contributed by atoms with Gasteiger partial charge in [0.25, 0.3) is 0 Å².